The second kappa shape index (κ2) is 13.1. The van der Waals surface area contributed by atoms with E-state index in [9.17, 15) is 27.9 Å². The van der Waals surface area contributed by atoms with Gasteiger partial charge in [0.2, 0.25) is 0 Å². The van der Waals surface area contributed by atoms with Gasteiger partial charge in [0.25, 0.3) is 0 Å². The minimum atomic E-state index is -4.57. The van der Waals surface area contributed by atoms with Crippen LogP contribution in [-0.2, 0) is 22.1 Å². The zero-order valence-corrected chi connectivity index (χ0v) is 23.6. The van der Waals surface area contributed by atoms with Crippen LogP contribution < -0.4 is 5.32 Å². The van der Waals surface area contributed by atoms with Crippen LogP contribution in [0.5, 0.6) is 0 Å². The van der Waals surface area contributed by atoms with E-state index >= 15 is 0 Å². The number of alkyl halides is 3. The number of benzene rings is 2. The fourth-order valence-corrected chi connectivity index (χ4v) is 5.16. The molecule has 0 heterocycles. The Labute approximate surface area is 230 Å². The number of alkyl carbamates (subject to hydrolysis) is 1. The van der Waals surface area contributed by atoms with Crippen LogP contribution in [0.4, 0.5) is 18.0 Å². The van der Waals surface area contributed by atoms with Gasteiger partial charge in [-0.25, -0.2) is 9.59 Å². The first-order valence-corrected chi connectivity index (χ1v) is 13.2. The first kappa shape index (κ1) is 31.8. The molecule has 0 aromatic heterocycles. The topological polar surface area (TPSA) is 84.9 Å². The van der Waals surface area contributed by atoms with Crippen molar-refractivity contribution in [3.63, 3.8) is 0 Å². The van der Waals surface area contributed by atoms with Crippen LogP contribution in [0.15, 0.2) is 46.2 Å². The summed E-state index contributed by atoms with van der Waals surface area (Å²) in [6.07, 6.45) is -3.18. The highest BCUT2D eigenvalue weighted by atomic mass is 35.5. The Morgan fingerprint density at radius 3 is 2.29 bits per heavy atom. The molecule has 0 aliphatic carbocycles. The summed E-state index contributed by atoms with van der Waals surface area (Å²) >= 11 is 7.47. The molecule has 2 aromatic rings. The molecule has 1 amide bonds. The molecule has 0 saturated heterocycles. The average Bonchev–Trinajstić information content (AvgIpc) is 2.81. The average molecular weight is 576 g/mol. The Kier molecular flexibility index (Phi) is 10.9. The van der Waals surface area contributed by atoms with Gasteiger partial charge in [-0.15, -0.1) is 0 Å². The summed E-state index contributed by atoms with van der Waals surface area (Å²) in [7, 11) is 1.16. The maximum atomic E-state index is 13.3. The Morgan fingerprint density at radius 1 is 1.08 bits per heavy atom. The van der Waals surface area contributed by atoms with Crippen LogP contribution in [0.3, 0.4) is 0 Å². The van der Waals surface area contributed by atoms with Crippen LogP contribution in [-0.4, -0.2) is 42.0 Å². The van der Waals surface area contributed by atoms with Crippen LogP contribution in [0.1, 0.15) is 68.4 Å². The van der Waals surface area contributed by atoms with Crippen molar-refractivity contribution in [2.24, 2.45) is 0 Å². The van der Waals surface area contributed by atoms with E-state index in [1.807, 2.05) is 6.92 Å². The van der Waals surface area contributed by atoms with Gasteiger partial charge in [0, 0.05) is 14.8 Å². The molecule has 210 valence electrons. The molecule has 0 saturated carbocycles. The summed E-state index contributed by atoms with van der Waals surface area (Å²) in [6.45, 7) is 6.90. The van der Waals surface area contributed by atoms with Crippen LogP contribution in [0.2, 0.25) is 5.02 Å². The van der Waals surface area contributed by atoms with E-state index in [0.717, 1.165) is 42.6 Å². The van der Waals surface area contributed by atoms with Gasteiger partial charge in [0.15, 0.2) is 0 Å². The zero-order chi connectivity index (χ0) is 28.7. The Morgan fingerprint density at radius 2 is 1.76 bits per heavy atom. The van der Waals surface area contributed by atoms with E-state index in [0.29, 0.717) is 35.6 Å². The van der Waals surface area contributed by atoms with Crippen LogP contribution in [0.25, 0.3) is 0 Å². The Bertz CT molecular complexity index is 1140. The number of hydrogen-bond donors (Lipinski definition) is 2. The largest absolute Gasteiger partial charge is 0.465 e. The maximum absolute atomic E-state index is 13.3. The number of halogens is 4. The molecular weight excluding hydrogens is 543 g/mol. The number of hydrogen-bond acceptors (Lipinski definition) is 6. The molecule has 2 rings (SSSR count). The highest BCUT2D eigenvalue weighted by molar-refractivity contribution is 7.99. The molecule has 0 radical (unpaired) electrons. The van der Waals surface area contributed by atoms with Gasteiger partial charge < -0.3 is 19.9 Å². The number of carbonyl (C=O) groups excluding carboxylic acids is 2. The van der Waals surface area contributed by atoms with Crippen molar-refractivity contribution < 1.29 is 37.3 Å². The molecule has 6 nitrogen and oxygen atoms in total. The van der Waals surface area contributed by atoms with E-state index in [2.05, 4.69) is 5.32 Å². The molecule has 0 aliphatic rings. The van der Waals surface area contributed by atoms with Crippen molar-refractivity contribution in [2.75, 3.05) is 13.7 Å². The van der Waals surface area contributed by atoms with Crippen LogP contribution in [0, 0.1) is 0 Å². The third-order valence-corrected chi connectivity index (χ3v) is 7.04. The second-order valence-corrected chi connectivity index (χ2v) is 11.4. The Balaban J connectivity index is 2.26. The number of aryl methyl sites for hydroxylation is 1. The van der Waals surface area contributed by atoms with Crippen molar-refractivity contribution in [3.8, 4) is 0 Å². The van der Waals surface area contributed by atoms with Gasteiger partial charge >= 0.3 is 18.2 Å². The molecule has 2 aromatic carbocycles. The number of methoxy groups -OCH3 is 1. The molecule has 11 heteroatoms. The highest BCUT2D eigenvalue weighted by Gasteiger charge is 2.33. The van der Waals surface area contributed by atoms with Crippen molar-refractivity contribution in [2.45, 2.75) is 80.5 Å². The summed E-state index contributed by atoms with van der Waals surface area (Å²) in [5, 5.41) is 13.3. The predicted octanol–water partition coefficient (Wildman–Crippen LogP) is 7.29. The van der Waals surface area contributed by atoms with E-state index in [-0.39, 0.29) is 17.1 Å². The summed E-state index contributed by atoms with van der Waals surface area (Å²) in [5.41, 5.74) is -1.76. The lowest BCUT2D eigenvalue weighted by atomic mass is 9.87. The van der Waals surface area contributed by atoms with E-state index in [1.54, 1.807) is 39.0 Å². The molecule has 1 atom stereocenters. The van der Waals surface area contributed by atoms with Gasteiger partial charge in [0.1, 0.15) is 5.60 Å². The van der Waals surface area contributed by atoms with Crippen LogP contribution >= 0.6 is 23.4 Å². The molecule has 0 aliphatic heterocycles. The summed E-state index contributed by atoms with van der Waals surface area (Å²) in [5.74, 6) is -0.752. The minimum absolute atomic E-state index is 0.00575. The second-order valence-electron chi connectivity index (χ2n) is 9.87. The number of amides is 1. The summed E-state index contributed by atoms with van der Waals surface area (Å²) in [4.78, 5) is 25.1. The van der Waals surface area contributed by atoms with Gasteiger partial charge in [-0.2, -0.15) is 13.2 Å². The standard InChI is InChI=1S/C27H33ClF3NO5S/c1-6-12-26(16-33,32-24(35)37-25(2,3)4)13-11-17-7-9-19(15-21(17)28)38-22-14-18(27(29,30)31)8-10-20(22)23(34)36-5/h7-10,14-15,33H,6,11-13,16H2,1-5H3,(H,32,35)/t26-/m0/s1. The zero-order valence-electron chi connectivity index (χ0n) is 22.0. The fourth-order valence-electron chi connectivity index (χ4n) is 3.80. The Hall–Kier alpha value is -2.43. The normalized spacial score (nSPS) is 13.5. The molecule has 0 spiro atoms. The van der Waals surface area contributed by atoms with E-state index in [1.165, 1.54) is 0 Å². The third kappa shape index (κ3) is 9.10. The first-order chi connectivity index (χ1) is 17.6. The molecule has 2 N–H and O–H groups in total. The minimum Gasteiger partial charge on any atom is -0.465 e. The van der Waals surface area contributed by atoms with Crippen molar-refractivity contribution in [1.29, 1.82) is 0 Å². The van der Waals surface area contributed by atoms with Gasteiger partial charge in [-0.1, -0.05) is 42.8 Å². The smallest absolute Gasteiger partial charge is 0.416 e. The third-order valence-electron chi connectivity index (χ3n) is 5.64. The lowest BCUT2D eigenvalue weighted by Gasteiger charge is -2.34. The lowest BCUT2D eigenvalue weighted by Crippen LogP contribution is -2.53. The SMILES string of the molecule is CCC[C@@](CO)(CCc1ccc(Sc2cc(C(F)(F)F)ccc2C(=O)OC)cc1Cl)NC(=O)OC(C)(C)C. The first-order valence-electron chi connectivity index (χ1n) is 12.0. The lowest BCUT2D eigenvalue weighted by molar-refractivity contribution is -0.137. The number of carbonyl (C=O) groups is 2. The van der Waals surface area contributed by atoms with E-state index in [4.69, 9.17) is 21.1 Å². The van der Waals surface area contributed by atoms with Crippen molar-refractivity contribution in [1.82, 2.24) is 5.32 Å². The number of rotatable bonds is 10. The molecule has 0 unspecified atom stereocenters. The van der Waals surface area contributed by atoms with Gasteiger partial charge in [-0.05, 0) is 75.9 Å². The van der Waals surface area contributed by atoms with Crippen molar-refractivity contribution >= 4 is 35.4 Å². The molecular formula is C27H33ClF3NO5S. The quantitative estimate of drug-likeness (QED) is 0.289. The van der Waals surface area contributed by atoms with Gasteiger partial charge in [-0.3, -0.25) is 0 Å². The fraction of sp³-hybridized carbons (Fsp3) is 0.481. The molecule has 38 heavy (non-hydrogen) atoms. The summed E-state index contributed by atoms with van der Waals surface area (Å²) < 4.78 is 49.9. The highest BCUT2D eigenvalue weighted by Crippen LogP contribution is 2.38. The molecule has 0 bridgehead atoms. The number of nitrogens with one attached hydrogen (secondary N) is 1. The summed E-state index contributed by atoms with van der Waals surface area (Å²) in [6, 6.07) is 7.85. The monoisotopic (exact) mass is 575 g/mol. The number of ether oxygens (including phenoxy) is 2. The maximum Gasteiger partial charge on any atom is 0.416 e. The molecule has 0 fully saturated rings. The van der Waals surface area contributed by atoms with Crippen molar-refractivity contribution in [3.05, 3.63) is 58.1 Å². The predicted molar refractivity (Wildman–Crippen MR) is 141 cm³/mol. The van der Waals surface area contributed by atoms with Gasteiger partial charge in [0.05, 0.1) is 30.4 Å². The number of esters is 1. The number of aliphatic hydroxyl groups excluding tert-OH is 1. The van der Waals surface area contributed by atoms with E-state index < -0.39 is 34.9 Å². The number of aliphatic hydroxyl groups is 1.